The topological polar surface area (TPSA) is 99.2 Å². The fourth-order valence-electron chi connectivity index (χ4n) is 3.38. The van der Waals surface area contributed by atoms with Crippen LogP contribution < -0.4 is 20.3 Å². The van der Waals surface area contributed by atoms with Crippen LogP contribution >= 0.6 is 0 Å². The summed E-state index contributed by atoms with van der Waals surface area (Å²) in [6, 6.07) is 24.8. The monoisotopic (exact) mass is 474 g/mol. The van der Waals surface area contributed by atoms with Gasteiger partial charge in [0.2, 0.25) is 10.0 Å². The molecule has 3 N–H and O–H groups in total. The molecular weight excluding hydrogens is 448 g/mol. The van der Waals surface area contributed by atoms with Crippen LogP contribution in [-0.2, 0) is 10.0 Å². The summed E-state index contributed by atoms with van der Waals surface area (Å²) in [6.07, 6.45) is 1.45. The molecule has 8 nitrogen and oxygen atoms in total. The lowest BCUT2D eigenvalue weighted by molar-refractivity contribution is 0.588. The third-order valence-electron chi connectivity index (χ3n) is 5.20. The highest BCUT2D eigenvalue weighted by Crippen LogP contribution is 2.27. The van der Waals surface area contributed by atoms with Gasteiger partial charge in [0, 0.05) is 37.2 Å². The Bertz CT molecular complexity index is 1390. The number of sulfonamides is 1. The number of anilines is 5. The summed E-state index contributed by atoms with van der Waals surface area (Å²) in [6.45, 7) is 0. The minimum Gasteiger partial charge on any atom is -0.378 e. The van der Waals surface area contributed by atoms with E-state index in [9.17, 15) is 8.42 Å². The van der Waals surface area contributed by atoms with E-state index in [0.717, 1.165) is 22.5 Å². The Balaban J connectivity index is 1.51. The van der Waals surface area contributed by atoms with Crippen molar-refractivity contribution in [1.29, 1.82) is 0 Å². The van der Waals surface area contributed by atoms with Crippen molar-refractivity contribution in [3.63, 3.8) is 0 Å². The van der Waals surface area contributed by atoms with Crippen LogP contribution in [0.3, 0.4) is 0 Å². The molecule has 0 fully saturated rings. The van der Waals surface area contributed by atoms with Crippen LogP contribution in [0.1, 0.15) is 0 Å². The molecule has 0 aliphatic heterocycles. The zero-order valence-corrected chi connectivity index (χ0v) is 20.0. The van der Waals surface area contributed by atoms with Crippen molar-refractivity contribution in [2.24, 2.45) is 0 Å². The zero-order chi connectivity index (χ0) is 24.1. The Morgan fingerprint density at radius 2 is 1.35 bits per heavy atom. The largest absolute Gasteiger partial charge is 0.378 e. The van der Waals surface area contributed by atoms with Crippen LogP contribution in [0, 0.1) is 0 Å². The lowest BCUT2D eigenvalue weighted by Crippen LogP contribution is -2.18. The first-order valence-electron chi connectivity index (χ1n) is 10.6. The molecular formula is C25H26N6O2S. The van der Waals surface area contributed by atoms with Gasteiger partial charge in [0.1, 0.15) is 18.0 Å². The Hall–Kier alpha value is -3.95. The predicted molar refractivity (Wildman–Crippen MR) is 137 cm³/mol. The van der Waals surface area contributed by atoms with Gasteiger partial charge in [-0.25, -0.2) is 23.1 Å². The van der Waals surface area contributed by atoms with Crippen LogP contribution in [-0.4, -0.2) is 39.5 Å². The van der Waals surface area contributed by atoms with Crippen molar-refractivity contribution >= 4 is 38.7 Å². The standard InChI is InChI=1S/C25H26N6O2S/c1-26-34(32,33)23-9-5-8-21(15-23)30-25-16-24(27-17-28-25)29-20-7-4-6-19(14-20)18-10-12-22(13-11-18)31(2)3/h4-17,26H,1-3H3,(H2,27,28,29,30). The van der Waals surface area contributed by atoms with E-state index >= 15 is 0 Å². The van der Waals surface area contributed by atoms with E-state index in [2.05, 4.69) is 66.6 Å². The van der Waals surface area contributed by atoms with Gasteiger partial charge in [0.05, 0.1) is 4.90 Å². The summed E-state index contributed by atoms with van der Waals surface area (Å²) in [7, 11) is 1.89. The van der Waals surface area contributed by atoms with E-state index < -0.39 is 10.0 Å². The molecule has 0 amide bonds. The van der Waals surface area contributed by atoms with Gasteiger partial charge in [-0.3, -0.25) is 0 Å². The third-order valence-corrected chi connectivity index (χ3v) is 6.62. The number of hydrogen-bond donors (Lipinski definition) is 3. The maximum Gasteiger partial charge on any atom is 0.240 e. The second kappa shape index (κ2) is 9.90. The van der Waals surface area contributed by atoms with E-state index in [4.69, 9.17) is 0 Å². The highest BCUT2D eigenvalue weighted by Gasteiger charge is 2.12. The summed E-state index contributed by atoms with van der Waals surface area (Å²) in [5.74, 6) is 1.14. The van der Waals surface area contributed by atoms with Crippen molar-refractivity contribution in [2.75, 3.05) is 36.7 Å². The Kier molecular flexibility index (Phi) is 6.76. The predicted octanol–water partition coefficient (Wildman–Crippen LogP) is 4.60. The summed E-state index contributed by atoms with van der Waals surface area (Å²) >= 11 is 0. The summed E-state index contributed by atoms with van der Waals surface area (Å²) in [4.78, 5) is 10.8. The summed E-state index contributed by atoms with van der Waals surface area (Å²) in [5.41, 5.74) is 4.85. The molecule has 0 aliphatic rings. The highest BCUT2D eigenvalue weighted by molar-refractivity contribution is 7.89. The molecule has 34 heavy (non-hydrogen) atoms. The number of nitrogens with zero attached hydrogens (tertiary/aromatic N) is 3. The average molecular weight is 475 g/mol. The van der Waals surface area contributed by atoms with E-state index in [1.807, 2.05) is 26.2 Å². The van der Waals surface area contributed by atoms with Crippen molar-refractivity contribution in [3.8, 4) is 11.1 Å². The molecule has 0 unspecified atom stereocenters. The van der Waals surface area contributed by atoms with Gasteiger partial charge in [-0.1, -0.05) is 30.3 Å². The first-order chi connectivity index (χ1) is 16.3. The molecule has 0 saturated heterocycles. The highest BCUT2D eigenvalue weighted by atomic mass is 32.2. The molecule has 0 atom stereocenters. The number of rotatable bonds is 8. The van der Waals surface area contributed by atoms with Crippen LogP contribution in [0.2, 0.25) is 0 Å². The number of nitrogens with one attached hydrogen (secondary N) is 3. The van der Waals surface area contributed by atoms with Crippen molar-refractivity contribution in [3.05, 3.63) is 85.2 Å². The van der Waals surface area contributed by atoms with Gasteiger partial charge in [-0.2, -0.15) is 0 Å². The molecule has 4 aromatic rings. The van der Waals surface area contributed by atoms with Gasteiger partial charge in [-0.05, 0) is 60.6 Å². The molecule has 0 aliphatic carbocycles. The molecule has 0 bridgehead atoms. The van der Waals surface area contributed by atoms with Gasteiger partial charge in [0.15, 0.2) is 0 Å². The molecule has 0 radical (unpaired) electrons. The zero-order valence-electron chi connectivity index (χ0n) is 19.1. The molecule has 0 spiro atoms. The van der Waals surface area contributed by atoms with Gasteiger partial charge < -0.3 is 15.5 Å². The fraction of sp³-hybridized carbons (Fsp3) is 0.120. The average Bonchev–Trinajstić information content (AvgIpc) is 2.85. The van der Waals surface area contributed by atoms with Gasteiger partial charge >= 0.3 is 0 Å². The number of benzene rings is 3. The van der Waals surface area contributed by atoms with Gasteiger partial charge in [-0.15, -0.1) is 0 Å². The van der Waals surface area contributed by atoms with E-state index in [1.54, 1.807) is 24.3 Å². The maximum atomic E-state index is 12.1. The number of hydrogen-bond acceptors (Lipinski definition) is 7. The SMILES string of the molecule is CNS(=O)(=O)c1cccc(Nc2cc(Nc3cccc(-c4ccc(N(C)C)cc4)c3)ncn2)c1. The van der Waals surface area contributed by atoms with Crippen molar-refractivity contribution in [2.45, 2.75) is 4.90 Å². The Morgan fingerprint density at radius 1 is 0.735 bits per heavy atom. The second-order valence-electron chi connectivity index (χ2n) is 7.80. The molecule has 1 heterocycles. The lowest BCUT2D eigenvalue weighted by atomic mass is 10.0. The minimum atomic E-state index is -3.53. The fourth-order valence-corrected chi connectivity index (χ4v) is 4.15. The van der Waals surface area contributed by atoms with Crippen LogP contribution in [0.5, 0.6) is 0 Å². The summed E-state index contributed by atoms with van der Waals surface area (Å²) < 4.78 is 26.4. The normalized spacial score (nSPS) is 11.1. The van der Waals surface area contributed by atoms with Gasteiger partial charge in [0.25, 0.3) is 0 Å². The smallest absolute Gasteiger partial charge is 0.240 e. The number of aromatic nitrogens is 2. The first-order valence-corrected chi connectivity index (χ1v) is 12.1. The maximum absolute atomic E-state index is 12.1. The van der Waals surface area contributed by atoms with Crippen LogP contribution in [0.4, 0.5) is 28.7 Å². The molecule has 9 heteroatoms. The molecule has 3 aromatic carbocycles. The van der Waals surface area contributed by atoms with Crippen LogP contribution in [0.25, 0.3) is 11.1 Å². The molecule has 4 rings (SSSR count). The Labute approximate surface area is 199 Å². The molecule has 174 valence electrons. The van der Waals surface area contributed by atoms with Crippen molar-refractivity contribution < 1.29 is 8.42 Å². The van der Waals surface area contributed by atoms with Crippen molar-refractivity contribution in [1.82, 2.24) is 14.7 Å². The third kappa shape index (κ3) is 5.51. The molecule has 0 saturated carbocycles. The quantitative estimate of drug-likeness (QED) is 0.343. The summed E-state index contributed by atoms with van der Waals surface area (Å²) in [5, 5.41) is 6.44. The molecule has 1 aromatic heterocycles. The second-order valence-corrected chi connectivity index (χ2v) is 9.68. The first kappa shape index (κ1) is 23.2. The lowest BCUT2D eigenvalue weighted by Gasteiger charge is -2.13. The van der Waals surface area contributed by atoms with E-state index in [0.29, 0.717) is 17.3 Å². The van der Waals surface area contributed by atoms with Crippen LogP contribution in [0.15, 0.2) is 90.1 Å². The van der Waals surface area contributed by atoms with E-state index in [1.165, 1.54) is 19.4 Å². The minimum absolute atomic E-state index is 0.169. The van der Waals surface area contributed by atoms with E-state index in [-0.39, 0.29) is 4.90 Å². The Morgan fingerprint density at radius 3 is 1.97 bits per heavy atom.